The van der Waals surface area contributed by atoms with E-state index < -0.39 is 0 Å². The molecule has 0 heterocycles. The summed E-state index contributed by atoms with van der Waals surface area (Å²) in [4.78, 5) is 4.03. The predicted molar refractivity (Wildman–Crippen MR) is 80.4 cm³/mol. The van der Waals surface area contributed by atoms with Crippen LogP contribution in [0.5, 0.6) is 0 Å². The summed E-state index contributed by atoms with van der Waals surface area (Å²) < 4.78 is 13.3. The number of aliphatic imine (C=N–C) groups is 1. The van der Waals surface area contributed by atoms with Gasteiger partial charge in [-0.15, -0.1) is 24.0 Å². The van der Waals surface area contributed by atoms with Gasteiger partial charge in [-0.05, 0) is 31.0 Å². The van der Waals surface area contributed by atoms with E-state index in [2.05, 4.69) is 15.6 Å². The van der Waals surface area contributed by atoms with Gasteiger partial charge >= 0.3 is 0 Å². The van der Waals surface area contributed by atoms with E-state index in [-0.39, 0.29) is 29.8 Å². The van der Waals surface area contributed by atoms with Crippen LogP contribution in [0.1, 0.15) is 18.1 Å². The van der Waals surface area contributed by atoms with Crippen LogP contribution in [0.25, 0.3) is 0 Å². The Labute approximate surface area is 119 Å². The van der Waals surface area contributed by atoms with Crippen molar-refractivity contribution in [2.24, 2.45) is 4.99 Å². The highest BCUT2D eigenvalue weighted by Gasteiger charge is 2.00. The molecule has 1 aromatic carbocycles. The summed E-state index contributed by atoms with van der Waals surface area (Å²) in [5.41, 5.74) is 1.57. The lowest BCUT2D eigenvalue weighted by molar-refractivity contribution is 0.615. The van der Waals surface area contributed by atoms with Crippen molar-refractivity contribution in [3.63, 3.8) is 0 Å². The van der Waals surface area contributed by atoms with Crippen LogP contribution in [0.2, 0.25) is 0 Å². The lowest BCUT2D eigenvalue weighted by atomic mass is 10.1. The van der Waals surface area contributed by atoms with E-state index in [1.54, 1.807) is 26.1 Å². The molecule has 3 nitrogen and oxygen atoms in total. The van der Waals surface area contributed by atoms with Gasteiger partial charge in [-0.1, -0.05) is 12.1 Å². The molecule has 0 unspecified atom stereocenters. The Morgan fingerprint density at radius 1 is 1.35 bits per heavy atom. The van der Waals surface area contributed by atoms with Gasteiger partial charge in [0.25, 0.3) is 0 Å². The number of nitrogens with one attached hydrogen (secondary N) is 2. The molecule has 0 radical (unpaired) electrons. The first-order chi connectivity index (χ1) is 7.67. The summed E-state index contributed by atoms with van der Waals surface area (Å²) in [6.07, 6.45) is 0. The first-order valence-corrected chi connectivity index (χ1v) is 5.37. The third kappa shape index (κ3) is 5.34. The maximum atomic E-state index is 13.3. The van der Waals surface area contributed by atoms with Crippen molar-refractivity contribution in [3.05, 3.63) is 35.1 Å². The molecule has 0 fully saturated rings. The van der Waals surface area contributed by atoms with E-state index in [1.165, 1.54) is 0 Å². The van der Waals surface area contributed by atoms with Crippen molar-refractivity contribution in [1.29, 1.82) is 0 Å². The standard InChI is InChI=1S/C12H18FN3.HI/c1-4-15-12(14-3)16-8-10-6-5-9(2)11(13)7-10;/h5-7H,4,8H2,1-3H3,(H2,14,15,16);1H. The highest BCUT2D eigenvalue weighted by Crippen LogP contribution is 2.08. The molecule has 2 N–H and O–H groups in total. The van der Waals surface area contributed by atoms with Crippen molar-refractivity contribution in [2.75, 3.05) is 13.6 Å². The summed E-state index contributed by atoms with van der Waals surface area (Å²) in [6.45, 7) is 5.13. The van der Waals surface area contributed by atoms with E-state index in [1.807, 2.05) is 13.0 Å². The quantitative estimate of drug-likeness (QED) is 0.499. The molecular formula is C12H19FIN3. The van der Waals surface area contributed by atoms with Gasteiger partial charge in [0.15, 0.2) is 5.96 Å². The average Bonchev–Trinajstić information content (AvgIpc) is 2.28. The Balaban J connectivity index is 0.00000256. The van der Waals surface area contributed by atoms with Crippen molar-refractivity contribution in [1.82, 2.24) is 10.6 Å². The highest BCUT2D eigenvalue weighted by atomic mass is 127. The summed E-state index contributed by atoms with van der Waals surface area (Å²) in [5, 5.41) is 6.18. The van der Waals surface area contributed by atoms with Crippen molar-refractivity contribution >= 4 is 29.9 Å². The predicted octanol–water partition coefficient (Wildman–Crippen LogP) is 2.44. The monoisotopic (exact) mass is 351 g/mol. The van der Waals surface area contributed by atoms with Crippen molar-refractivity contribution < 1.29 is 4.39 Å². The molecule has 0 aliphatic carbocycles. The molecule has 0 bridgehead atoms. The highest BCUT2D eigenvalue weighted by molar-refractivity contribution is 14.0. The van der Waals surface area contributed by atoms with Gasteiger partial charge in [0.05, 0.1) is 0 Å². The number of guanidine groups is 1. The van der Waals surface area contributed by atoms with Gasteiger partial charge in [0, 0.05) is 20.1 Å². The summed E-state index contributed by atoms with van der Waals surface area (Å²) in [5.74, 6) is 0.557. The number of hydrogen-bond donors (Lipinski definition) is 2. The molecule has 96 valence electrons. The van der Waals surface area contributed by atoms with Gasteiger partial charge in [0.2, 0.25) is 0 Å². The van der Waals surface area contributed by atoms with Crippen LogP contribution in [-0.2, 0) is 6.54 Å². The Kier molecular flexibility index (Phi) is 7.86. The molecule has 0 amide bonds. The molecule has 17 heavy (non-hydrogen) atoms. The van der Waals surface area contributed by atoms with Crippen LogP contribution in [0, 0.1) is 12.7 Å². The van der Waals surface area contributed by atoms with Crippen molar-refractivity contribution in [3.8, 4) is 0 Å². The summed E-state index contributed by atoms with van der Waals surface area (Å²) in [6, 6.07) is 5.23. The first-order valence-electron chi connectivity index (χ1n) is 5.37. The number of rotatable bonds is 3. The third-order valence-corrected chi connectivity index (χ3v) is 2.26. The van der Waals surface area contributed by atoms with Crippen LogP contribution in [-0.4, -0.2) is 19.6 Å². The maximum Gasteiger partial charge on any atom is 0.191 e. The maximum absolute atomic E-state index is 13.3. The number of nitrogens with zero attached hydrogens (tertiary/aromatic N) is 1. The van der Waals surface area contributed by atoms with E-state index >= 15 is 0 Å². The second-order valence-corrected chi connectivity index (χ2v) is 3.54. The van der Waals surface area contributed by atoms with Gasteiger partial charge in [0.1, 0.15) is 5.82 Å². The topological polar surface area (TPSA) is 36.4 Å². The average molecular weight is 351 g/mol. The minimum Gasteiger partial charge on any atom is -0.357 e. The number of aryl methyl sites for hydroxylation is 1. The molecule has 0 aliphatic heterocycles. The van der Waals surface area contributed by atoms with E-state index in [4.69, 9.17) is 0 Å². The molecule has 0 spiro atoms. The van der Waals surface area contributed by atoms with Crippen LogP contribution in [0.15, 0.2) is 23.2 Å². The minimum absolute atomic E-state index is 0. The fraction of sp³-hybridized carbons (Fsp3) is 0.417. The van der Waals surface area contributed by atoms with E-state index in [0.29, 0.717) is 12.1 Å². The van der Waals surface area contributed by atoms with Gasteiger partial charge in [-0.3, -0.25) is 4.99 Å². The van der Waals surface area contributed by atoms with Gasteiger partial charge in [-0.25, -0.2) is 4.39 Å². The molecular weight excluding hydrogens is 332 g/mol. The van der Waals surface area contributed by atoms with E-state index in [9.17, 15) is 4.39 Å². The van der Waals surface area contributed by atoms with Crippen molar-refractivity contribution in [2.45, 2.75) is 20.4 Å². The van der Waals surface area contributed by atoms with Crippen LogP contribution >= 0.6 is 24.0 Å². The molecule has 0 aromatic heterocycles. The molecule has 0 saturated carbocycles. The molecule has 0 atom stereocenters. The lowest BCUT2D eigenvalue weighted by Gasteiger charge is -2.10. The zero-order valence-corrected chi connectivity index (χ0v) is 12.7. The minimum atomic E-state index is -0.169. The molecule has 0 aliphatic rings. The van der Waals surface area contributed by atoms with Crippen LogP contribution in [0.3, 0.4) is 0 Å². The first kappa shape index (κ1) is 16.1. The molecule has 5 heteroatoms. The molecule has 1 aromatic rings. The zero-order chi connectivity index (χ0) is 12.0. The molecule has 0 saturated heterocycles. The summed E-state index contributed by atoms with van der Waals surface area (Å²) >= 11 is 0. The lowest BCUT2D eigenvalue weighted by Crippen LogP contribution is -2.36. The number of halogens is 2. The largest absolute Gasteiger partial charge is 0.357 e. The fourth-order valence-electron chi connectivity index (χ4n) is 1.32. The van der Waals surface area contributed by atoms with E-state index in [0.717, 1.165) is 18.1 Å². The SMILES string of the molecule is CCNC(=NC)NCc1ccc(C)c(F)c1.I. The molecule has 1 rings (SSSR count). The summed E-state index contributed by atoms with van der Waals surface area (Å²) in [7, 11) is 1.71. The number of hydrogen-bond acceptors (Lipinski definition) is 1. The fourth-order valence-corrected chi connectivity index (χ4v) is 1.32. The van der Waals surface area contributed by atoms with Gasteiger partial charge < -0.3 is 10.6 Å². The second kappa shape index (κ2) is 8.27. The van der Waals surface area contributed by atoms with Crippen LogP contribution in [0.4, 0.5) is 4.39 Å². The Bertz CT molecular complexity index is 380. The Hall–Kier alpha value is -0.850. The normalized spacial score (nSPS) is 10.7. The zero-order valence-electron chi connectivity index (χ0n) is 10.4. The van der Waals surface area contributed by atoms with Gasteiger partial charge in [-0.2, -0.15) is 0 Å². The second-order valence-electron chi connectivity index (χ2n) is 3.54. The Morgan fingerprint density at radius 2 is 2.06 bits per heavy atom. The smallest absolute Gasteiger partial charge is 0.191 e. The Morgan fingerprint density at radius 3 is 2.59 bits per heavy atom. The van der Waals surface area contributed by atoms with Crippen LogP contribution < -0.4 is 10.6 Å². The third-order valence-electron chi connectivity index (χ3n) is 2.26. The number of benzene rings is 1.